The van der Waals surface area contributed by atoms with Crippen LogP contribution in [-0.4, -0.2) is 42.5 Å². The van der Waals surface area contributed by atoms with Crippen molar-refractivity contribution in [3.63, 3.8) is 0 Å². The van der Waals surface area contributed by atoms with Crippen molar-refractivity contribution in [2.24, 2.45) is 5.92 Å². The normalized spacial score (nSPS) is 17.3. The van der Waals surface area contributed by atoms with Gasteiger partial charge in [0.2, 0.25) is 0 Å². The van der Waals surface area contributed by atoms with Crippen molar-refractivity contribution in [3.8, 4) is 6.07 Å². The van der Waals surface area contributed by atoms with Crippen LogP contribution in [0.3, 0.4) is 0 Å². The Morgan fingerprint density at radius 2 is 2.13 bits per heavy atom. The monoisotopic (exact) mass is 209 g/mol. The van der Waals surface area contributed by atoms with Gasteiger partial charge in [-0.05, 0) is 18.8 Å². The van der Waals surface area contributed by atoms with Gasteiger partial charge in [0.25, 0.3) is 0 Å². The Balaban J connectivity index is 2.36. The van der Waals surface area contributed by atoms with E-state index in [2.05, 4.69) is 13.0 Å². The summed E-state index contributed by atoms with van der Waals surface area (Å²) in [6.45, 7) is 4.47. The van der Waals surface area contributed by atoms with Gasteiger partial charge in [-0.15, -0.1) is 0 Å². The summed E-state index contributed by atoms with van der Waals surface area (Å²) in [5, 5.41) is 8.44. The minimum atomic E-state index is 0.0668. The molecule has 0 N–H and O–H groups in total. The van der Waals surface area contributed by atoms with E-state index >= 15 is 0 Å². The van der Waals surface area contributed by atoms with Crippen molar-refractivity contribution >= 4 is 6.03 Å². The van der Waals surface area contributed by atoms with Crippen LogP contribution in [0.2, 0.25) is 0 Å². The maximum absolute atomic E-state index is 11.9. The number of nitrogens with zero attached hydrogens (tertiary/aromatic N) is 3. The minimum Gasteiger partial charge on any atom is -0.327 e. The molecular formula is C11H19N3O. The van der Waals surface area contributed by atoms with Crippen LogP contribution >= 0.6 is 0 Å². The Bertz CT molecular complexity index is 251. The lowest BCUT2D eigenvalue weighted by Crippen LogP contribution is -2.45. The first-order valence-corrected chi connectivity index (χ1v) is 5.52. The van der Waals surface area contributed by atoms with Gasteiger partial charge < -0.3 is 9.80 Å². The molecule has 4 nitrogen and oxygen atoms in total. The molecule has 1 fully saturated rings. The summed E-state index contributed by atoms with van der Waals surface area (Å²) < 4.78 is 0. The van der Waals surface area contributed by atoms with Crippen molar-refractivity contribution in [2.45, 2.75) is 26.2 Å². The van der Waals surface area contributed by atoms with E-state index in [1.807, 2.05) is 4.90 Å². The van der Waals surface area contributed by atoms with E-state index in [9.17, 15) is 4.79 Å². The van der Waals surface area contributed by atoms with E-state index in [4.69, 9.17) is 5.26 Å². The molecule has 0 spiro atoms. The van der Waals surface area contributed by atoms with Crippen LogP contribution in [0.1, 0.15) is 26.2 Å². The molecule has 0 saturated carbocycles. The third kappa shape index (κ3) is 3.43. The minimum absolute atomic E-state index is 0.0668. The molecule has 0 atom stereocenters. The molecule has 0 radical (unpaired) electrons. The predicted molar refractivity (Wildman–Crippen MR) is 58.2 cm³/mol. The van der Waals surface area contributed by atoms with Gasteiger partial charge in [0.05, 0.1) is 12.5 Å². The standard InChI is InChI=1S/C11H19N3O/c1-10-4-8-14(9-5-10)11(15)13(2)7-3-6-12/h10H,3-5,7-9H2,1-2H3. The first kappa shape index (κ1) is 11.8. The fourth-order valence-corrected chi connectivity index (χ4v) is 1.75. The molecule has 0 aromatic heterocycles. The second kappa shape index (κ2) is 5.59. The van der Waals surface area contributed by atoms with Crippen LogP contribution in [0.15, 0.2) is 0 Å². The maximum atomic E-state index is 11.9. The lowest BCUT2D eigenvalue weighted by molar-refractivity contribution is 0.144. The van der Waals surface area contributed by atoms with Crippen LogP contribution < -0.4 is 0 Å². The average Bonchev–Trinajstić information content (AvgIpc) is 2.26. The van der Waals surface area contributed by atoms with Crippen LogP contribution in [0.25, 0.3) is 0 Å². The molecular weight excluding hydrogens is 190 g/mol. The first-order chi connectivity index (χ1) is 7.15. The highest BCUT2D eigenvalue weighted by Crippen LogP contribution is 2.16. The number of hydrogen-bond acceptors (Lipinski definition) is 2. The second-order valence-corrected chi connectivity index (χ2v) is 4.28. The van der Waals surface area contributed by atoms with E-state index in [1.165, 1.54) is 0 Å². The molecule has 0 bridgehead atoms. The van der Waals surface area contributed by atoms with Crippen LogP contribution in [0.4, 0.5) is 4.79 Å². The average molecular weight is 209 g/mol. The van der Waals surface area contributed by atoms with Gasteiger partial charge >= 0.3 is 6.03 Å². The number of likely N-dealkylation sites (tertiary alicyclic amines) is 1. The van der Waals surface area contributed by atoms with Gasteiger partial charge in [-0.1, -0.05) is 6.92 Å². The number of rotatable bonds is 2. The zero-order chi connectivity index (χ0) is 11.3. The summed E-state index contributed by atoms with van der Waals surface area (Å²) in [7, 11) is 1.76. The summed E-state index contributed by atoms with van der Waals surface area (Å²) in [4.78, 5) is 15.4. The highest BCUT2D eigenvalue weighted by atomic mass is 16.2. The van der Waals surface area contributed by atoms with Gasteiger partial charge in [-0.2, -0.15) is 5.26 Å². The van der Waals surface area contributed by atoms with Gasteiger partial charge in [0, 0.05) is 26.7 Å². The van der Waals surface area contributed by atoms with Crippen molar-refractivity contribution < 1.29 is 4.79 Å². The summed E-state index contributed by atoms with van der Waals surface area (Å²) in [5.74, 6) is 0.735. The van der Waals surface area contributed by atoms with E-state index < -0.39 is 0 Å². The number of carbonyl (C=O) groups excluding carboxylic acids is 1. The lowest BCUT2D eigenvalue weighted by Gasteiger charge is -2.33. The van der Waals surface area contributed by atoms with Crippen molar-refractivity contribution in [3.05, 3.63) is 0 Å². The number of urea groups is 1. The molecule has 1 aliphatic rings. The Hall–Kier alpha value is -1.24. The highest BCUT2D eigenvalue weighted by molar-refractivity contribution is 5.74. The summed E-state index contributed by atoms with van der Waals surface area (Å²) in [6, 6.07) is 2.12. The van der Waals surface area contributed by atoms with Gasteiger partial charge in [-0.3, -0.25) is 0 Å². The molecule has 0 aromatic rings. The van der Waals surface area contributed by atoms with Crippen LogP contribution in [-0.2, 0) is 0 Å². The molecule has 1 aliphatic heterocycles. The first-order valence-electron chi connectivity index (χ1n) is 5.52. The Morgan fingerprint density at radius 3 is 2.67 bits per heavy atom. The van der Waals surface area contributed by atoms with E-state index in [0.717, 1.165) is 31.8 Å². The van der Waals surface area contributed by atoms with E-state index in [1.54, 1.807) is 11.9 Å². The number of amides is 2. The van der Waals surface area contributed by atoms with Crippen LogP contribution in [0, 0.1) is 17.2 Å². The fourth-order valence-electron chi connectivity index (χ4n) is 1.75. The maximum Gasteiger partial charge on any atom is 0.319 e. The van der Waals surface area contributed by atoms with Crippen LogP contribution in [0.5, 0.6) is 0 Å². The van der Waals surface area contributed by atoms with Gasteiger partial charge in [0.1, 0.15) is 0 Å². The molecule has 1 heterocycles. The Kier molecular flexibility index (Phi) is 4.41. The van der Waals surface area contributed by atoms with Crippen molar-refractivity contribution in [1.82, 2.24) is 9.80 Å². The Labute approximate surface area is 91.5 Å². The van der Waals surface area contributed by atoms with E-state index in [0.29, 0.717) is 13.0 Å². The molecule has 4 heteroatoms. The molecule has 0 aromatic carbocycles. The molecule has 0 unspecified atom stereocenters. The van der Waals surface area contributed by atoms with Crippen molar-refractivity contribution in [1.29, 1.82) is 5.26 Å². The van der Waals surface area contributed by atoms with Gasteiger partial charge in [0.15, 0.2) is 0 Å². The zero-order valence-corrected chi connectivity index (χ0v) is 9.57. The predicted octanol–water partition coefficient (Wildman–Crippen LogP) is 1.68. The smallest absolute Gasteiger partial charge is 0.319 e. The van der Waals surface area contributed by atoms with E-state index in [-0.39, 0.29) is 6.03 Å². The summed E-state index contributed by atoms with van der Waals surface area (Å²) in [5.41, 5.74) is 0. The fraction of sp³-hybridized carbons (Fsp3) is 0.818. The third-order valence-electron chi connectivity index (χ3n) is 2.94. The topological polar surface area (TPSA) is 47.3 Å². The molecule has 15 heavy (non-hydrogen) atoms. The molecule has 84 valence electrons. The number of hydrogen-bond donors (Lipinski definition) is 0. The quantitative estimate of drug-likeness (QED) is 0.694. The summed E-state index contributed by atoms with van der Waals surface area (Å²) in [6.07, 6.45) is 2.60. The second-order valence-electron chi connectivity index (χ2n) is 4.28. The number of nitriles is 1. The zero-order valence-electron chi connectivity index (χ0n) is 9.57. The lowest BCUT2D eigenvalue weighted by atomic mass is 10.00. The largest absolute Gasteiger partial charge is 0.327 e. The van der Waals surface area contributed by atoms with Gasteiger partial charge in [-0.25, -0.2) is 4.79 Å². The molecule has 2 amide bonds. The number of carbonyl (C=O) groups is 1. The SMILES string of the molecule is CC1CCN(C(=O)N(C)CCC#N)CC1. The third-order valence-corrected chi connectivity index (χ3v) is 2.94. The molecule has 1 rings (SSSR count). The molecule has 1 saturated heterocycles. The van der Waals surface area contributed by atoms with Crippen molar-refractivity contribution in [2.75, 3.05) is 26.7 Å². The molecule has 0 aliphatic carbocycles. The summed E-state index contributed by atoms with van der Waals surface area (Å²) >= 11 is 0. The Morgan fingerprint density at radius 1 is 1.53 bits per heavy atom. The number of piperidine rings is 1. The highest BCUT2D eigenvalue weighted by Gasteiger charge is 2.22.